The van der Waals surface area contributed by atoms with Gasteiger partial charge in [0.1, 0.15) is 0 Å². The summed E-state index contributed by atoms with van der Waals surface area (Å²) in [6, 6.07) is 4.25. The Labute approximate surface area is 125 Å². The first kappa shape index (κ1) is 16.9. The number of nitrogens with one attached hydrogen (secondary N) is 2. The molecule has 1 unspecified atom stereocenters. The van der Waals surface area contributed by atoms with Crippen LogP contribution in [0.5, 0.6) is 0 Å². The lowest BCUT2D eigenvalue weighted by atomic mass is 10.1. The Morgan fingerprint density at radius 3 is 2.85 bits per heavy atom. The molecule has 5 nitrogen and oxygen atoms in total. The third kappa shape index (κ3) is 6.88. The van der Waals surface area contributed by atoms with Gasteiger partial charge in [0.05, 0.1) is 19.8 Å². The average Bonchev–Trinajstić information content (AvgIpc) is 2.99. The predicted molar refractivity (Wildman–Crippen MR) is 84.8 cm³/mol. The largest absolute Gasteiger partial charge is 0.382 e. The number of nitrogens with zero attached hydrogens (tertiary/aromatic N) is 1. The number of aliphatic imine (C=N–C) groups is 1. The lowest BCUT2D eigenvalue weighted by molar-refractivity contribution is 0.0733. The monoisotopic (exact) mass is 299 g/mol. The molecule has 0 bridgehead atoms. The Hall–Kier alpha value is -1.11. The molecule has 0 saturated carbocycles. The lowest BCUT2D eigenvalue weighted by Gasteiger charge is -2.15. The van der Waals surface area contributed by atoms with E-state index in [-0.39, 0.29) is 0 Å². The topological polar surface area (TPSA) is 54.9 Å². The minimum absolute atomic E-state index is 0.478. The molecule has 2 N–H and O–H groups in total. The van der Waals surface area contributed by atoms with Gasteiger partial charge in [0.15, 0.2) is 5.96 Å². The Morgan fingerprint density at radius 2 is 2.20 bits per heavy atom. The van der Waals surface area contributed by atoms with Crippen molar-refractivity contribution in [2.24, 2.45) is 4.99 Å². The van der Waals surface area contributed by atoms with Crippen molar-refractivity contribution in [3.8, 4) is 0 Å². The number of guanidine groups is 1. The Bertz CT molecular complexity index is 369. The van der Waals surface area contributed by atoms with Crippen LogP contribution in [0, 0.1) is 0 Å². The van der Waals surface area contributed by atoms with Crippen LogP contribution in [0.1, 0.15) is 17.7 Å². The predicted octanol–water partition coefficient (Wildman–Crippen LogP) is 1.68. The first-order valence-electron chi connectivity index (χ1n) is 6.82. The zero-order valence-corrected chi connectivity index (χ0v) is 13.3. The molecule has 1 heterocycles. The highest BCUT2D eigenvalue weighted by Gasteiger charge is 2.07. The zero-order valence-electron chi connectivity index (χ0n) is 12.5. The van der Waals surface area contributed by atoms with Crippen LogP contribution >= 0.6 is 11.3 Å². The summed E-state index contributed by atoms with van der Waals surface area (Å²) in [5, 5.41) is 8.66. The molecule has 0 aliphatic carbocycles. The van der Waals surface area contributed by atoms with Crippen LogP contribution in [0.25, 0.3) is 0 Å². The summed E-state index contributed by atoms with van der Waals surface area (Å²) in [6.45, 7) is 5.71. The number of ether oxygens (including phenoxy) is 2. The van der Waals surface area contributed by atoms with Crippen LogP contribution in [0.3, 0.4) is 0 Å². The maximum absolute atomic E-state index is 5.38. The Kier molecular flexibility index (Phi) is 9.02. The van der Waals surface area contributed by atoms with E-state index in [9.17, 15) is 0 Å². The number of rotatable bonds is 9. The van der Waals surface area contributed by atoms with Gasteiger partial charge in [-0.3, -0.25) is 4.99 Å². The Morgan fingerprint density at radius 1 is 1.35 bits per heavy atom. The highest BCUT2D eigenvalue weighted by Crippen LogP contribution is 2.19. The van der Waals surface area contributed by atoms with Crippen LogP contribution in [0.2, 0.25) is 0 Å². The second-order valence-electron chi connectivity index (χ2n) is 4.40. The molecule has 0 radical (unpaired) electrons. The summed E-state index contributed by atoms with van der Waals surface area (Å²) in [6.07, 6.45) is 0. The van der Waals surface area contributed by atoms with Crippen LogP contribution < -0.4 is 10.6 Å². The van der Waals surface area contributed by atoms with Crippen molar-refractivity contribution in [1.82, 2.24) is 10.6 Å². The van der Waals surface area contributed by atoms with E-state index in [0.717, 1.165) is 19.0 Å². The molecule has 114 valence electrons. The van der Waals surface area contributed by atoms with Crippen LogP contribution in [-0.2, 0) is 9.47 Å². The van der Waals surface area contributed by atoms with Crippen molar-refractivity contribution in [3.05, 3.63) is 22.4 Å². The van der Waals surface area contributed by atoms with Gasteiger partial charge in [-0.25, -0.2) is 0 Å². The number of methoxy groups -OCH3 is 1. The minimum Gasteiger partial charge on any atom is -0.382 e. The van der Waals surface area contributed by atoms with E-state index in [1.165, 1.54) is 4.88 Å². The van der Waals surface area contributed by atoms with Crippen LogP contribution in [0.4, 0.5) is 0 Å². The van der Waals surface area contributed by atoms with Gasteiger partial charge in [-0.1, -0.05) is 13.0 Å². The van der Waals surface area contributed by atoms with Crippen molar-refractivity contribution in [1.29, 1.82) is 0 Å². The molecular formula is C14H25N3O2S. The molecule has 0 aliphatic heterocycles. The molecule has 0 amide bonds. The third-order valence-corrected chi connectivity index (χ3v) is 3.90. The first-order valence-corrected chi connectivity index (χ1v) is 7.70. The van der Waals surface area contributed by atoms with Crippen molar-refractivity contribution in [3.63, 3.8) is 0 Å². The normalized spacial score (nSPS) is 13.2. The second-order valence-corrected chi connectivity index (χ2v) is 5.38. The summed E-state index contributed by atoms with van der Waals surface area (Å²) < 4.78 is 10.3. The van der Waals surface area contributed by atoms with Gasteiger partial charge in [0.2, 0.25) is 0 Å². The van der Waals surface area contributed by atoms with E-state index in [4.69, 9.17) is 9.47 Å². The van der Waals surface area contributed by atoms with E-state index < -0.39 is 0 Å². The van der Waals surface area contributed by atoms with Crippen molar-refractivity contribution < 1.29 is 9.47 Å². The standard InChI is InChI=1S/C14H25N3O2S/c1-12(13-5-4-10-20-13)11-17-14(15-2)16-6-7-19-9-8-18-3/h4-5,10,12H,6-9,11H2,1-3H3,(H2,15,16,17). The van der Waals surface area contributed by atoms with Gasteiger partial charge in [0.25, 0.3) is 0 Å². The molecular weight excluding hydrogens is 274 g/mol. The summed E-state index contributed by atoms with van der Waals surface area (Å²) in [5.74, 6) is 1.29. The smallest absolute Gasteiger partial charge is 0.191 e. The molecule has 0 spiro atoms. The number of hydrogen-bond donors (Lipinski definition) is 2. The van der Waals surface area contributed by atoms with E-state index in [1.807, 2.05) is 0 Å². The molecule has 0 aliphatic rings. The van der Waals surface area contributed by atoms with Crippen LogP contribution in [0.15, 0.2) is 22.5 Å². The second kappa shape index (κ2) is 10.7. The van der Waals surface area contributed by atoms with Gasteiger partial charge in [-0.2, -0.15) is 0 Å². The molecule has 0 saturated heterocycles. The summed E-state index contributed by atoms with van der Waals surface area (Å²) >= 11 is 1.79. The third-order valence-electron chi connectivity index (χ3n) is 2.80. The Balaban J connectivity index is 2.13. The summed E-state index contributed by atoms with van der Waals surface area (Å²) in [5.41, 5.74) is 0. The van der Waals surface area contributed by atoms with Gasteiger partial charge >= 0.3 is 0 Å². The molecule has 1 aromatic heterocycles. The molecule has 1 atom stereocenters. The van der Waals surface area contributed by atoms with E-state index >= 15 is 0 Å². The van der Waals surface area contributed by atoms with Gasteiger partial charge in [-0.05, 0) is 11.4 Å². The van der Waals surface area contributed by atoms with Gasteiger partial charge < -0.3 is 20.1 Å². The van der Waals surface area contributed by atoms with Crippen molar-refractivity contribution in [2.75, 3.05) is 47.1 Å². The van der Waals surface area contributed by atoms with Crippen molar-refractivity contribution >= 4 is 17.3 Å². The molecule has 0 aromatic carbocycles. The maximum atomic E-state index is 5.38. The SMILES string of the molecule is CN=C(NCCOCCOC)NCC(C)c1cccs1. The molecule has 1 aromatic rings. The van der Waals surface area contributed by atoms with Crippen molar-refractivity contribution in [2.45, 2.75) is 12.8 Å². The summed E-state index contributed by atoms with van der Waals surface area (Å²) in [7, 11) is 3.44. The van der Waals surface area contributed by atoms with Crippen LogP contribution in [-0.4, -0.2) is 53.0 Å². The minimum atomic E-state index is 0.478. The highest BCUT2D eigenvalue weighted by molar-refractivity contribution is 7.10. The van der Waals surface area contributed by atoms with E-state index in [0.29, 0.717) is 25.7 Å². The fourth-order valence-corrected chi connectivity index (χ4v) is 2.42. The summed E-state index contributed by atoms with van der Waals surface area (Å²) in [4.78, 5) is 5.58. The van der Waals surface area contributed by atoms with E-state index in [1.54, 1.807) is 25.5 Å². The highest BCUT2D eigenvalue weighted by atomic mass is 32.1. The molecule has 1 rings (SSSR count). The number of thiophene rings is 1. The fraction of sp³-hybridized carbons (Fsp3) is 0.643. The first-order chi connectivity index (χ1) is 9.77. The average molecular weight is 299 g/mol. The molecule has 6 heteroatoms. The van der Waals surface area contributed by atoms with Gasteiger partial charge in [0, 0.05) is 38.0 Å². The lowest BCUT2D eigenvalue weighted by Crippen LogP contribution is -2.40. The quantitative estimate of drug-likeness (QED) is 0.414. The van der Waals surface area contributed by atoms with E-state index in [2.05, 4.69) is 40.1 Å². The molecule has 0 fully saturated rings. The van der Waals surface area contributed by atoms with Gasteiger partial charge in [-0.15, -0.1) is 11.3 Å². The number of hydrogen-bond acceptors (Lipinski definition) is 4. The maximum Gasteiger partial charge on any atom is 0.191 e. The fourth-order valence-electron chi connectivity index (χ4n) is 1.63. The molecule has 20 heavy (non-hydrogen) atoms. The zero-order chi connectivity index (χ0) is 14.6.